The highest BCUT2D eigenvalue weighted by atomic mass is 35.5. The number of halogens is 1. The first-order valence-corrected chi connectivity index (χ1v) is 5.87. The number of tetrazole rings is 1. The molecule has 1 aromatic rings. The summed E-state index contributed by atoms with van der Waals surface area (Å²) in [5, 5.41) is 15.2. The molecule has 98 valence electrons. The molecule has 1 aromatic heterocycles. The van der Waals surface area contributed by atoms with Crippen molar-refractivity contribution in [2.75, 3.05) is 26.3 Å². The molecule has 17 heavy (non-hydrogen) atoms. The van der Waals surface area contributed by atoms with E-state index in [0.717, 1.165) is 19.7 Å². The maximum Gasteiger partial charge on any atom is 0.171 e. The summed E-state index contributed by atoms with van der Waals surface area (Å²) in [6.45, 7) is 6.24. The van der Waals surface area contributed by atoms with Crippen LogP contribution in [0.15, 0.2) is 0 Å². The molecule has 0 bridgehead atoms. The van der Waals surface area contributed by atoms with Gasteiger partial charge < -0.3 is 10.1 Å². The molecule has 0 aromatic carbocycles. The standard InChI is InChI=1S/C10H19N5O.ClH/c1-9-12-14-15(13-9)5-6-16-8-10-3-2-4-11-7-10;/h10-11H,2-8H2,1H3;1H/t10-;/m0./s1. The summed E-state index contributed by atoms with van der Waals surface area (Å²) < 4.78 is 5.62. The molecule has 1 aliphatic heterocycles. The van der Waals surface area contributed by atoms with E-state index in [1.54, 1.807) is 4.80 Å². The lowest BCUT2D eigenvalue weighted by atomic mass is 10.0. The zero-order valence-corrected chi connectivity index (χ0v) is 10.9. The summed E-state index contributed by atoms with van der Waals surface area (Å²) in [7, 11) is 0. The first-order chi connectivity index (χ1) is 7.84. The summed E-state index contributed by atoms with van der Waals surface area (Å²) in [5.41, 5.74) is 0. The van der Waals surface area contributed by atoms with Gasteiger partial charge in [-0.1, -0.05) is 0 Å². The number of piperidine rings is 1. The van der Waals surface area contributed by atoms with Crippen LogP contribution in [0, 0.1) is 12.8 Å². The molecule has 1 atom stereocenters. The maximum atomic E-state index is 5.62. The lowest BCUT2D eigenvalue weighted by molar-refractivity contribution is 0.0801. The highest BCUT2D eigenvalue weighted by Crippen LogP contribution is 2.09. The fraction of sp³-hybridized carbons (Fsp3) is 0.900. The van der Waals surface area contributed by atoms with E-state index in [2.05, 4.69) is 20.7 Å². The largest absolute Gasteiger partial charge is 0.379 e. The van der Waals surface area contributed by atoms with Gasteiger partial charge in [0.1, 0.15) is 0 Å². The highest BCUT2D eigenvalue weighted by Gasteiger charge is 2.12. The lowest BCUT2D eigenvalue weighted by Gasteiger charge is -2.22. The van der Waals surface area contributed by atoms with Crippen LogP contribution in [0.3, 0.4) is 0 Å². The van der Waals surface area contributed by atoms with E-state index in [-0.39, 0.29) is 12.4 Å². The van der Waals surface area contributed by atoms with Crippen molar-refractivity contribution in [2.45, 2.75) is 26.3 Å². The first-order valence-electron chi connectivity index (χ1n) is 5.87. The van der Waals surface area contributed by atoms with Crippen molar-refractivity contribution in [2.24, 2.45) is 5.92 Å². The van der Waals surface area contributed by atoms with Gasteiger partial charge in [-0.3, -0.25) is 0 Å². The topological polar surface area (TPSA) is 64.9 Å². The van der Waals surface area contributed by atoms with Crippen LogP contribution in [-0.2, 0) is 11.3 Å². The van der Waals surface area contributed by atoms with Gasteiger partial charge in [0.2, 0.25) is 0 Å². The van der Waals surface area contributed by atoms with Gasteiger partial charge in [0.15, 0.2) is 5.82 Å². The molecule has 2 heterocycles. The minimum absolute atomic E-state index is 0. The number of hydrogen-bond donors (Lipinski definition) is 1. The van der Waals surface area contributed by atoms with Crippen molar-refractivity contribution in [1.82, 2.24) is 25.5 Å². The van der Waals surface area contributed by atoms with Crippen LogP contribution in [0.2, 0.25) is 0 Å². The Bertz CT molecular complexity index is 313. The second-order valence-electron chi connectivity index (χ2n) is 4.22. The number of nitrogens with one attached hydrogen (secondary N) is 1. The number of rotatable bonds is 5. The monoisotopic (exact) mass is 261 g/mol. The van der Waals surface area contributed by atoms with Crippen molar-refractivity contribution in [3.63, 3.8) is 0 Å². The van der Waals surface area contributed by atoms with Crippen LogP contribution < -0.4 is 5.32 Å². The Labute approximate surface area is 108 Å². The zero-order valence-electron chi connectivity index (χ0n) is 10.1. The smallest absolute Gasteiger partial charge is 0.171 e. The van der Waals surface area contributed by atoms with Gasteiger partial charge in [0, 0.05) is 6.54 Å². The van der Waals surface area contributed by atoms with E-state index in [0.29, 0.717) is 24.9 Å². The Morgan fingerprint density at radius 1 is 1.53 bits per heavy atom. The Balaban J connectivity index is 0.00000144. The van der Waals surface area contributed by atoms with Crippen LogP contribution in [-0.4, -0.2) is 46.5 Å². The number of ether oxygens (including phenoxy) is 1. The summed E-state index contributed by atoms with van der Waals surface area (Å²) in [6, 6.07) is 0. The minimum atomic E-state index is 0. The molecule has 0 spiro atoms. The fourth-order valence-corrected chi connectivity index (χ4v) is 1.88. The van der Waals surface area contributed by atoms with Crippen molar-refractivity contribution in [3.05, 3.63) is 5.82 Å². The average Bonchev–Trinajstić information content (AvgIpc) is 2.72. The van der Waals surface area contributed by atoms with Gasteiger partial charge in [-0.15, -0.1) is 22.6 Å². The Kier molecular flexibility index (Phi) is 6.39. The fourth-order valence-electron chi connectivity index (χ4n) is 1.88. The van der Waals surface area contributed by atoms with Crippen LogP contribution in [0.25, 0.3) is 0 Å². The molecule has 7 heteroatoms. The zero-order chi connectivity index (χ0) is 11.2. The van der Waals surface area contributed by atoms with E-state index < -0.39 is 0 Å². The van der Waals surface area contributed by atoms with Crippen molar-refractivity contribution in [3.8, 4) is 0 Å². The molecule has 0 radical (unpaired) electrons. The van der Waals surface area contributed by atoms with E-state index in [1.807, 2.05) is 6.92 Å². The quantitative estimate of drug-likeness (QED) is 0.779. The molecule has 1 saturated heterocycles. The molecule has 0 aliphatic carbocycles. The van der Waals surface area contributed by atoms with Gasteiger partial charge in [-0.25, -0.2) is 0 Å². The molecule has 1 aliphatic rings. The molecular weight excluding hydrogens is 242 g/mol. The molecule has 2 rings (SSSR count). The number of aryl methyl sites for hydroxylation is 1. The van der Waals surface area contributed by atoms with Gasteiger partial charge in [-0.2, -0.15) is 4.80 Å². The van der Waals surface area contributed by atoms with Gasteiger partial charge >= 0.3 is 0 Å². The van der Waals surface area contributed by atoms with Crippen LogP contribution in [0.5, 0.6) is 0 Å². The Morgan fingerprint density at radius 3 is 3.06 bits per heavy atom. The van der Waals surface area contributed by atoms with Gasteiger partial charge in [-0.05, 0) is 37.4 Å². The second-order valence-corrected chi connectivity index (χ2v) is 4.22. The summed E-state index contributed by atoms with van der Waals surface area (Å²) in [4.78, 5) is 1.58. The molecular formula is C10H20ClN5O. The molecule has 0 unspecified atom stereocenters. The SMILES string of the molecule is Cc1nnn(CCOC[C@H]2CCCNC2)n1.Cl. The van der Waals surface area contributed by atoms with Gasteiger partial charge in [0.05, 0.1) is 19.8 Å². The predicted molar refractivity (Wildman–Crippen MR) is 66.2 cm³/mol. The molecule has 6 nitrogen and oxygen atoms in total. The van der Waals surface area contributed by atoms with Crippen LogP contribution in [0.1, 0.15) is 18.7 Å². The minimum Gasteiger partial charge on any atom is -0.379 e. The van der Waals surface area contributed by atoms with E-state index in [4.69, 9.17) is 4.74 Å². The third-order valence-corrected chi connectivity index (χ3v) is 2.74. The Hall–Kier alpha value is -0.720. The van der Waals surface area contributed by atoms with Crippen molar-refractivity contribution in [1.29, 1.82) is 0 Å². The average molecular weight is 262 g/mol. The highest BCUT2D eigenvalue weighted by molar-refractivity contribution is 5.85. The second kappa shape index (κ2) is 7.58. The third kappa shape index (κ3) is 4.97. The van der Waals surface area contributed by atoms with Crippen LogP contribution in [0.4, 0.5) is 0 Å². The molecule has 1 N–H and O–H groups in total. The Morgan fingerprint density at radius 2 is 2.41 bits per heavy atom. The van der Waals surface area contributed by atoms with E-state index in [1.165, 1.54) is 12.8 Å². The van der Waals surface area contributed by atoms with Crippen LogP contribution >= 0.6 is 12.4 Å². The van der Waals surface area contributed by atoms with E-state index in [9.17, 15) is 0 Å². The van der Waals surface area contributed by atoms with Crippen molar-refractivity contribution >= 4 is 12.4 Å². The molecule has 1 fully saturated rings. The maximum absolute atomic E-state index is 5.62. The first kappa shape index (κ1) is 14.3. The molecule has 0 amide bonds. The lowest BCUT2D eigenvalue weighted by Crippen LogP contribution is -2.32. The normalized spacial score (nSPS) is 19.9. The van der Waals surface area contributed by atoms with Gasteiger partial charge in [0.25, 0.3) is 0 Å². The summed E-state index contributed by atoms with van der Waals surface area (Å²) in [6.07, 6.45) is 2.53. The number of aromatic nitrogens is 4. The van der Waals surface area contributed by atoms with E-state index >= 15 is 0 Å². The van der Waals surface area contributed by atoms with Crippen molar-refractivity contribution < 1.29 is 4.74 Å². The predicted octanol–water partition coefficient (Wildman–Crippen LogP) is 0.420. The summed E-state index contributed by atoms with van der Waals surface area (Å²) in [5.74, 6) is 1.37. The molecule has 0 saturated carbocycles. The summed E-state index contributed by atoms with van der Waals surface area (Å²) >= 11 is 0. The third-order valence-electron chi connectivity index (χ3n) is 2.74. The number of hydrogen-bond acceptors (Lipinski definition) is 5. The number of nitrogens with zero attached hydrogens (tertiary/aromatic N) is 4.